The molecule has 33 heavy (non-hydrogen) atoms. The summed E-state index contributed by atoms with van der Waals surface area (Å²) in [6.07, 6.45) is 8.21. The highest BCUT2D eigenvalue weighted by Crippen LogP contribution is 2.35. The van der Waals surface area contributed by atoms with Gasteiger partial charge in [0.25, 0.3) is 5.91 Å². The van der Waals surface area contributed by atoms with E-state index in [1.807, 2.05) is 0 Å². The van der Waals surface area contributed by atoms with E-state index in [2.05, 4.69) is 15.3 Å². The highest BCUT2D eigenvalue weighted by Gasteiger charge is 2.41. The molecule has 1 aromatic heterocycles. The summed E-state index contributed by atoms with van der Waals surface area (Å²) in [5, 5.41) is 7.89. The Kier molecular flexibility index (Phi) is 7.35. The van der Waals surface area contributed by atoms with Crippen molar-refractivity contribution in [2.45, 2.75) is 42.5 Å². The first-order chi connectivity index (χ1) is 15.7. The first-order valence-corrected chi connectivity index (χ1v) is 13.4. The van der Waals surface area contributed by atoms with Crippen molar-refractivity contribution in [1.29, 1.82) is 0 Å². The van der Waals surface area contributed by atoms with Crippen LogP contribution in [-0.4, -0.2) is 71.6 Å². The van der Waals surface area contributed by atoms with E-state index >= 15 is 0 Å². The number of amides is 1. The largest absolute Gasteiger partial charge is 0.350 e. The van der Waals surface area contributed by atoms with E-state index in [0.29, 0.717) is 48.3 Å². The molecule has 180 valence electrons. The monoisotopic (exact) mass is 513 g/mol. The molecule has 1 aromatic carbocycles. The molecule has 2 aromatic rings. The van der Waals surface area contributed by atoms with Gasteiger partial charge >= 0.3 is 0 Å². The van der Waals surface area contributed by atoms with Crippen LogP contribution in [0.4, 0.5) is 0 Å². The van der Waals surface area contributed by atoms with Gasteiger partial charge in [-0.05, 0) is 31.0 Å². The predicted molar refractivity (Wildman–Crippen MR) is 128 cm³/mol. The quantitative estimate of drug-likeness (QED) is 0.640. The molecular formula is C22H29Cl2N5O3S. The number of sulfonamides is 1. The van der Waals surface area contributed by atoms with Gasteiger partial charge in [-0.2, -0.15) is 9.40 Å². The average molecular weight is 514 g/mol. The summed E-state index contributed by atoms with van der Waals surface area (Å²) in [4.78, 5) is 15.4. The number of benzene rings is 1. The number of carbonyl (C=O) groups is 1. The molecule has 1 N–H and O–H groups in total. The summed E-state index contributed by atoms with van der Waals surface area (Å²) in [7, 11) is -1.85. The van der Waals surface area contributed by atoms with Crippen molar-refractivity contribution in [3.8, 4) is 0 Å². The highest BCUT2D eigenvalue weighted by molar-refractivity contribution is 7.89. The van der Waals surface area contributed by atoms with E-state index in [1.165, 1.54) is 27.8 Å². The molecule has 2 aliphatic rings. The van der Waals surface area contributed by atoms with Crippen molar-refractivity contribution in [3.63, 3.8) is 0 Å². The summed E-state index contributed by atoms with van der Waals surface area (Å²) in [5.41, 5.74) is 0.219. The minimum absolute atomic E-state index is 0.184. The third kappa shape index (κ3) is 5.22. The smallest absolute Gasteiger partial charge is 0.252 e. The Morgan fingerprint density at radius 2 is 1.82 bits per heavy atom. The van der Waals surface area contributed by atoms with Gasteiger partial charge in [0.15, 0.2) is 0 Å². The number of carbonyl (C=O) groups excluding carboxylic acids is 1. The Balaban J connectivity index is 1.44. The van der Waals surface area contributed by atoms with E-state index in [0.717, 1.165) is 25.7 Å². The van der Waals surface area contributed by atoms with Gasteiger partial charge < -0.3 is 5.32 Å². The van der Waals surface area contributed by atoms with Gasteiger partial charge in [-0.1, -0.05) is 42.5 Å². The van der Waals surface area contributed by atoms with Crippen LogP contribution in [0.25, 0.3) is 0 Å². The van der Waals surface area contributed by atoms with Crippen LogP contribution in [0, 0.1) is 0 Å². The first kappa shape index (κ1) is 24.5. The lowest BCUT2D eigenvalue weighted by Crippen LogP contribution is -2.62. The van der Waals surface area contributed by atoms with Crippen molar-refractivity contribution >= 4 is 39.1 Å². The molecule has 0 unspecified atom stereocenters. The van der Waals surface area contributed by atoms with Gasteiger partial charge in [-0.15, -0.1) is 0 Å². The summed E-state index contributed by atoms with van der Waals surface area (Å²) in [6.45, 7) is 2.57. The number of aryl methyl sites for hydroxylation is 1. The Labute approximate surface area is 204 Å². The van der Waals surface area contributed by atoms with Crippen molar-refractivity contribution in [3.05, 3.63) is 46.2 Å². The fraction of sp³-hybridized carbons (Fsp3) is 0.545. The maximum Gasteiger partial charge on any atom is 0.252 e. The Morgan fingerprint density at radius 3 is 2.42 bits per heavy atom. The maximum atomic E-state index is 13.0. The SMILES string of the molecule is Cn1cc(S(=O)(=O)N2CCN(C3(CNC(=O)c4ccc(Cl)cc4Cl)CCCCC3)CC2)cn1. The molecule has 0 bridgehead atoms. The molecule has 4 rings (SSSR count). The van der Waals surface area contributed by atoms with Crippen LogP contribution < -0.4 is 5.32 Å². The van der Waals surface area contributed by atoms with Crippen LogP contribution >= 0.6 is 23.2 Å². The number of aromatic nitrogens is 2. The zero-order chi connectivity index (χ0) is 23.6. The summed E-state index contributed by atoms with van der Waals surface area (Å²) in [5.74, 6) is -0.223. The molecule has 0 atom stereocenters. The first-order valence-electron chi connectivity index (χ1n) is 11.2. The number of piperazine rings is 1. The minimum atomic E-state index is -3.56. The molecular weight excluding hydrogens is 485 g/mol. The number of nitrogens with one attached hydrogen (secondary N) is 1. The fourth-order valence-corrected chi connectivity index (χ4v) is 6.81. The number of nitrogens with zero attached hydrogens (tertiary/aromatic N) is 4. The number of hydrogen-bond donors (Lipinski definition) is 1. The van der Waals surface area contributed by atoms with Gasteiger partial charge in [0.1, 0.15) is 4.90 Å². The van der Waals surface area contributed by atoms with Crippen LogP contribution in [0.3, 0.4) is 0 Å². The van der Waals surface area contributed by atoms with Crippen LogP contribution in [-0.2, 0) is 17.1 Å². The van der Waals surface area contributed by atoms with Crippen LogP contribution in [0.15, 0.2) is 35.5 Å². The molecule has 1 aliphatic heterocycles. The average Bonchev–Trinajstić information content (AvgIpc) is 3.25. The second kappa shape index (κ2) is 9.92. The molecule has 1 saturated heterocycles. The summed E-state index contributed by atoms with van der Waals surface area (Å²) in [6, 6.07) is 4.85. The minimum Gasteiger partial charge on any atom is -0.350 e. The lowest BCUT2D eigenvalue weighted by atomic mass is 9.79. The van der Waals surface area contributed by atoms with Crippen molar-refractivity contribution in [2.75, 3.05) is 32.7 Å². The molecule has 0 spiro atoms. The standard InChI is InChI=1S/C22H29Cl2N5O3S/c1-27-15-18(14-26-27)33(31,32)29-11-9-28(10-12-29)22(7-3-2-4-8-22)16-25-21(30)19-6-5-17(23)13-20(19)24/h5-6,13-15H,2-4,7-12,16H2,1H3,(H,25,30). The van der Waals surface area contributed by atoms with E-state index in [-0.39, 0.29) is 16.3 Å². The highest BCUT2D eigenvalue weighted by atomic mass is 35.5. The van der Waals surface area contributed by atoms with Crippen LogP contribution in [0.2, 0.25) is 10.0 Å². The van der Waals surface area contributed by atoms with Crippen molar-refractivity contribution in [1.82, 2.24) is 24.3 Å². The van der Waals surface area contributed by atoms with E-state index in [1.54, 1.807) is 25.2 Å². The normalized spacial score (nSPS) is 20.0. The van der Waals surface area contributed by atoms with Gasteiger partial charge in [0, 0.05) is 56.5 Å². The molecule has 2 fully saturated rings. The van der Waals surface area contributed by atoms with E-state index in [4.69, 9.17) is 23.2 Å². The molecule has 1 saturated carbocycles. The van der Waals surface area contributed by atoms with Gasteiger partial charge in [0.2, 0.25) is 10.0 Å². The molecule has 0 radical (unpaired) electrons. The van der Waals surface area contributed by atoms with Gasteiger partial charge in [0.05, 0.1) is 16.8 Å². The summed E-state index contributed by atoms with van der Waals surface area (Å²) >= 11 is 12.2. The Bertz CT molecular complexity index is 1110. The third-order valence-corrected chi connectivity index (χ3v) is 9.17. The lowest BCUT2D eigenvalue weighted by Gasteiger charge is -2.49. The fourth-order valence-electron chi connectivity index (χ4n) is 4.91. The van der Waals surface area contributed by atoms with E-state index < -0.39 is 10.0 Å². The topological polar surface area (TPSA) is 87.5 Å². The number of hydrogen-bond acceptors (Lipinski definition) is 5. The second-order valence-corrected chi connectivity index (χ2v) is 11.6. The molecule has 2 heterocycles. The zero-order valence-electron chi connectivity index (χ0n) is 18.6. The molecule has 11 heteroatoms. The molecule has 1 amide bonds. The lowest BCUT2D eigenvalue weighted by molar-refractivity contribution is 0.0240. The number of rotatable bonds is 6. The van der Waals surface area contributed by atoms with Gasteiger partial charge in [-0.25, -0.2) is 8.42 Å². The van der Waals surface area contributed by atoms with Crippen LogP contribution in [0.1, 0.15) is 42.5 Å². The Hall–Kier alpha value is -1.65. The van der Waals surface area contributed by atoms with Crippen molar-refractivity contribution < 1.29 is 13.2 Å². The second-order valence-electron chi connectivity index (χ2n) is 8.83. The molecule has 1 aliphatic carbocycles. The Morgan fingerprint density at radius 1 is 1.12 bits per heavy atom. The predicted octanol–water partition coefficient (Wildman–Crippen LogP) is 3.17. The van der Waals surface area contributed by atoms with E-state index in [9.17, 15) is 13.2 Å². The summed E-state index contributed by atoms with van der Waals surface area (Å²) < 4.78 is 29.0. The number of halogens is 2. The van der Waals surface area contributed by atoms with Crippen molar-refractivity contribution in [2.24, 2.45) is 7.05 Å². The molecule has 8 nitrogen and oxygen atoms in total. The zero-order valence-corrected chi connectivity index (χ0v) is 21.0. The van der Waals surface area contributed by atoms with Gasteiger partial charge in [-0.3, -0.25) is 14.4 Å². The third-order valence-electron chi connectivity index (χ3n) is 6.77. The maximum absolute atomic E-state index is 13.0. The van der Waals surface area contributed by atoms with Crippen LogP contribution in [0.5, 0.6) is 0 Å².